The molecule has 0 aliphatic heterocycles. The number of hydrogen-bond acceptors (Lipinski definition) is 6. The Kier molecular flexibility index (Phi) is 5.37. The molecule has 0 spiro atoms. The van der Waals surface area contributed by atoms with Gasteiger partial charge in [0, 0.05) is 20.7 Å². The molecule has 7 heteroatoms. The first-order chi connectivity index (χ1) is 8.02. The van der Waals surface area contributed by atoms with Crippen LogP contribution in [0.5, 0.6) is 6.01 Å². The van der Waals surface area contributed by atoms with E-state index in [1.54, 1.807) is 7.11 Å². The van der Waals surface area contributed by atoms with E-state index in [2.05, 4.69) is 15.0 Å². The smallest absolute Gasteiger partial charge is 0.322 e. The highest BCUT2D eigenvalue weighted by Gasteiger charge is 2.10. The summed E-state index contributed by atoms with van der Waals surface area (Å²) in [6.07, 6.45) is -0.00871. The summed E-state index contributed by atoms with van der Waals surface area (Å²) in [4.78, 5) is 13.9. The summed E-state index contributed by atoms with van der Waals surface area (Å²) in [5.74, 6) is 0.470. The van der Waals surface area contributed by atoms with Crippen molar-refractivity contribution in [2.45, 2.75) is 20.0 Å². The molecule has 0 saturated heterocycles. The monoisotopic (exact) mass is 260 g/mol. The lowest BCUT2D eigenvalue weighted by Crippen LogP contribution is -2.24. The molecule has 0 radical (unpaired) electrons. The number of nitrogens with zero attached hydrogens (tertiary/aromatic N) is 4. The molecule has 1 aromatic heterocycles. The van der Waals surface area contributed by atoms with Crippen molar-refractivity contribution in [3.05, 3.63) is 5.28 Å². The average molecular weight is 261 g/mol. The Morgan fingerprint density at radius 3 is 2.59 bits per heavy atom. The van der Waals surface area contributed by atoms with Gasteiger partial charge in [-0.2, -0.15) is 15.0 Å². The third-order valence-electron chi connectivity index (χ3n) is 1.89. The first kappa shape index (κ1) is 13.9. The number of hydrogen-bond donors (Lipinski definition) is 0. The predicted molar refractivity (Wildman–Crippen MR) is 65.7 cm³/mol. The number of ether oxygens (including phenoxy) is 2. The fourth-order valence-electron chi connectivity index (χ4n) is 1.08. The molecule has 0 fully saturated rings. The molecule has 1 heterocycles. The van der Waals surface area contributed by atoms with Gasteiger partial charge in [-0.25, -0.2) is 0 Å². The summed E-state index contributed by atoms with van der Waals surface area (Å²) < 4.78 is 10.4. The van der Waals surface area contributed by atoms with E-state index >= 15 is 0 Å². The Hall–Kier alpha value is -1.14. The number of aromatic nitrogens is 3. The van der Waals surface area contributed by atoms with Gasteiger partial charge in [-0.15, -0.1) is 0 Å². The minimum atomic E-state index is -0.00871. The van der Waals surface area contributed by atoms with Crippen molar-refractivity contribution in [2.75, 3.05) is 32.2 Å². The molecule has 1 rings (SSSR count). The predicted octanol–water partition coefficient (Wildman–Crippen LogP) is 1.39. The lowest BCUT2D eigenvalue weighted by atomic mass is 10.5. The summed E-state index contributed by atoms with van der Waals surface area (Å²) in [5, 5.41) is 0.120. The Labute approximate surface area is 106 Å². The van der Waals surface area contributed by atoms with Crippen molar-refractivity contribution in [2.24, 2.45) is 0 Å². The molecule has 17 heavy (non-hydrogen) atoms. The minimum absolute atomic E-state index is 0.00871. The summed E-state index contributed by atoms with van der Waals surface area (Å²) in [6.45, 7) is 5.04. The standard InChI is InChI=1S/C10H17ClN4O2/c1-7(2)17-10-13-8(11)12-9(14-10)15(3)5-6-16-4/h7H,5-6H2,1-4H3. The fourth-order valence-corrected chi connectivity index (χ4v) is 1.23. The van der Waals surface area contributed by atoms with E-state index in [0.29, 0.717) is 19.1 Å². The van der Waals surface area contributed by atoms with Crippen LogP contribution in [-0.2, 0) is 4.74 Å². The number of methoxy groups -OCH3 is 1. The van der Waals surface area contributed by atoms with Crippen LogP contribution in [-0.4, -0.2) is 48.4 Å². The Bertz CT molecular complexity index is 362. The van der Waals surface area contributed by atoms with Crippen LogP contribution in [0.1, 0.15) is 13.8 Å². The maximum atomic E-state index is 5.81. The Balaban J connectivity index is 2.81. The van der Waals surface area contributed by atoms with Gasteiger partial charge in [-0.05, 0) is 25.4 Å². The summed E-state index contributed by atoms with van der Waals surface area (Å²) >= 11 is 5.81. The highest BCUT2D eigenvalue weighted by atomic mass is 35.5. The fraction of sp³-hybridized carbons (Fsp3) is 0.700. The zero-order chi connectivity index (χ0) is 12.8. The molecule has 0 saturated carbocycles. The van der Waals surface area contributed by atoms with Crippen LogP contribution in [0.2, 0.25) is 5.28 Å². The van der Waals surface area contributed by atoms with Gasteiger partial charge in [0.05, 0.1) is 12.7 Å². The zero-order valence-electron chi connectivity index (χ0n) is 10.5. The van der Waals surface area contributed by atoms with E-state index in [1.165, 1.54) is 0 Å². The second-order valence-corrected chi connectivity index (χ2v) is 4.11. The van der Waals surface area contributed by atoms with E-state index in [9.17, 15) is 0 Å². The van der Waals surface area contributed by atoms with E-state index in [0.717, 1.165) is 0 Å². The topological polar surface area (TPSA) is 60.4 Å². The third-order valence-corrected chi connectivity index (χ3v) is 2.06. The Morgan fingerprint density at radius 2 is 2.00 bits per heavy atom. The minimum Gasteiger partial charge on any atom is -0.461 e. The van der Waals surface area contributed by atoms with Crippen LogP contribution in [0, 0.1) is 0 Å². The van der Waals surface area contributed by atoms with E-state index in [-0.39, 0.29) is 17.4 Å². The number of likely N-dealkylation sites (N-methyl/N-ethyl adjacent to an activating group) is 1. The maximum absolute atomic E-state index is 5.81. The van der Waals surface area contributed by atoms with Gasteiger partial charge >= 0.3 is 6.01 Å². The molecule has 0 atom stereocenters. The molecule has 96 valence electrons. The molecule has 6 nitrogen and oxygen atoms in total. The van der Waals surface area contributed by atoms with Gasteiger partial charge in [0.15, 0.2) is 0 Å². The van der Waals surface area contributed by atoms with Gasteiger partial charge in [-0.3, -0.25) is 0 Å². The van der Waals surface area contributed by atoms with Crippen molar-refractivity contribution >= 4 is 17.5 Å². The summed E-state index contributed by atoms with van der Waals surface area (Å²) in [5.41, 5.74) is 0. The number of anilines is 1. The maximum Gasteiger partial charge on any atom is 0.322 e. The first-order valence-electron chi connectivity index (χ1n) is 5.31. The highest BCUT2D eigenvalue weighted by Crippen LogP contribution is 2.14. The second-order valence-electron chi connectivity index (χ2n) is 3.77. The first-order valence-corrected chi connectivity index (χ1v) is 5.69. The highest BCUT2D eigenvalue weighted by molar-refractivity contribution is 6.28. The molecule has 0 unspecified atom stereocenters. The number of halogens is 1. The molecule has 0 aliphatic rings. The zero-order valence-corrected chi connectivity index (χ0v) is 11.2. The molecular weight excluding hydrogens is 244 g/mol. The van der Waals surface area contributed by atoms with Gasteiger partial charge in [-0.1, -0.05) is 0 Å². The SMILES string of the molecule is COCCN(C)c1nc(Cl)nc(OC(C)C)n1. The van der Waals surface area contributed by atoms with Crippen LogP contribution >= 0.6 is 11.6 Å². The molecule has 0 amide bonds. The second kappa shape index (κ2) is 6.56. The van der Waals surface area contributed by atoms with Crippen molar-refractivity contribution in [1.29, 1.82) is 0 Å². The Morgan fingerprint density at radius 1 is 1.29 bits per heavy atom. The lowest BCUT2D eigenvalue weighted by Gasteiger charge is -2.17. The van der Waals surface area contributed by atoms with Gasteiger partial charge < -0.3 is 14.4 Å². The van der Waals surface area contributed by atoms with Gasteiger partial charge in [0.2, 0.25) is 11.2 Å². The molecule has 0 aliphatic carbocycles. The van der Waals surface area contributed by atoms with Crippen molar-refractivity contribution < 1.29 is 9.47 Å². The van der Waals surface area contributed by atoms with E-state index in [1.807, 2.05) is 25.8 Å². The van der Waals surface area contributed by atoms with Crippen LogP contribution in [0.3, 0.4) is 0 Å². The summed E-state index contributed by atoms with van der Waals surface area (Å²) in [7, 11) is 3.49. The molecule has 0 N–H and O–H groups in total. The molecule has 0 bridgehead atoms. The normalized spacial score (nSPS) is 10.7. The van der Waals surface area contributed by atoms with Crippen LogP contribution in [0.15, 0.2) is 0 Å². The molecule has 0 aromatic carbocycles. The number of rotatable bonds is 6. The average Bonchev–Trinajstić information content (AvgIpc) is 2.24. The molecular formula is C10H17ClN4O2. The third kappa shape index (κ3) is 4.70. The molecule has 1 aromatic rings. The van der Waals surface area contributed by atoms with Gasteiger partial charge in [0.25, 0.3) is 0 Å². The summed E-state index contributed by atoms with van der Waals surface area (Å²) in [6, 6.07) is 0.235. The van der Waals surface area contributed by atoms with Crippen LogP contribution in [0.25, 0.3) is 0 Å². The van der Waals surface area contributed by atoms with Crippen molar-refractivity contribution in [3.63, 3.8) is 0 Å². The van der Waals surface area contributed by atoms with Crippen molar-refractivity contribution in [1.82, 2.24) is 15.0 Å². The van der Waals surface area contributed by atoms with Gasteiger partial charge in [0.1, 0.15) is 0 Å². The van der Waals surface area contributed by atoms with E-state index in [4.69, 9.17) is 21.1 Å². The largest absolute Gasteiger partial charge is 0.461 e. The lowest BCUT2D eigenvalue weighted by molar-refractivity contribution is 0.205. The van der Waals surface area contributed by atoms with Crippen LogP contribution < -0.4 is 9.64 Å². The quantitative estimate of drug-likeness (QED) is 0.770. The van der Waals surface area contributed by atoms with Crippen molar-refractivity contribution in [3.8, 4) is 6.01 Å². The van der Waals surface area contributed by atoms with E-state index < -0.39 is 0 Å². The van der Waals surface area contributed by atoms with Crippen LogP contribution in [0.4, 0.5) is 5.95 Å².